The van der Waals surface area contributed by atoms with Crippen molar-refractivity contribution in [3.05, 3.63) is 45.2 Å². The Hall–Kier alpha value is -3.86. The van der Waals surface area contributed by atoms with Crippen LogP contribution in [-0.4, -0.2) is 85.0 Å². The van der Waals surface area contributed by atoms with Gasteiger partial charge in [0.05, 0.1) is 5.92 Å². The molecule has 2 aromatic rings. The molecule has 1 unspecified atom stereocenters. The van der Waals surface area contributed by atoms with Crippen LogP contribution in [0, 0.1) is 46.8 Å². The summed E-state index contributed by atoms with van der Waals surface area (Å²) >= 11 is 0.802. The highest BCUT2D eigenvalue weighted by Crippen LogP contribution is 2.33. The quantitative estimate of drug-likeness (QED) is 0.0951. The third-order valence-corrected chi connectivity index (χ3v) is 9.60. The van der Waals surface area contributed by atoms with E-state index in [2.05, 4.69) is 25.3 Å². The molecule has 1 fully saturated rings. The fourth-order valence-corrected chi connectivity index (χ4v) is 6.38. The number of alkyl carbamates (subject to hydrolysis) is 1. The van der Waals surface area contributed by atoms with Crippen LogP contribution in [0.4, 0.5) is 26.7 Å². The molecule has 1 aliphatic heterocycles. The fraction of sp³-hybridized carbons (Fsp3) is 0.594. The Bertz CT molecular complexity index is 1500. The smallest absolute Gasteiger partial charge is 0.407 e. The largest absolute Gasteiger partial charge is 0.439 e. The van der Waals surface area contributed by atoms with Gasteiger partial charge in [-0.2, -0.15) is 8.78 Å². The molecule has 2 N–H and O–H groups in total. The molecule has 3 rings (SSSR count). The topological polar surface area (TPSA) is 130 Å². The number of benzene rings is 1. The number of likely N-dealkylation sites (N-methyl/N-ethyl adjacent to an activating group) is 1. The van der Waals surface area contributed by atoms with Crippen molar-refractivity contribution in [3.63, 3.8) is 0 Å². The van der Waals surface area contributed by atoms with E-state index >= 15 is 0 Å². The Morgan fingerprint density at radius 3 is 2.22 bits per heavy atom. The van der Waals surface area contributed by atoms with Gasteiger partial charge in [0.15, 0.2) is 11.8 Å². The molecule has 0 aliphatic carbocycles. The van der Waals surface area contributed by atoms with Gasteiger partial charge in [-0.1, -0.05) is 34.1 Å². The van der Waals surface area contributed by atoms with Crippen LogP contribution in [0.15, 0.2) is 5.38 Å². The third kappa shape index (κ3) is 9.44. The summed E-state index contributed by atoms with van der Waals surface area (Å²) in [5.41, 5.74) is -0.562. The maximum atomic E-state index is 14.1. The molecule has 0 spiro atoms. The summed E-state index contributed by atoms with van der Waals surface area (Å²) < 4.78 is 79.0. The van der Waals surface area contributed by atoms with E-state index < -0.39 is 70.8 Å². The molecule has 0 radical (unpaired) electrons. The van der Waals surface area contributed by atoms with E-state index in [1.54, 1.807) is 7.05 Å². The van der Waals surface area contributed by atoms with E-state index in [0.717, 1.165) is 29.7 Å². The predicted octanol–water partition coefficient (Wildman–Crippen LogP) is 5.20. The van der Waals surface area contributed by atoms with E-state index in [0.29, 0.717) is 19.4 Å². The summed E-state index contributed by atoms with van der Waals surface area (Å²) in [5, 5.41) is 6.41. The first-order valence-corrected chi connectivity index (χ1v) is 16.7. The van der Waals surface area contributed by atoms with Crippen LogP contribution in [0.2, 0.25) is 0 Å². The van der Waals surface area contributed by atoms with Crippen molar-refractivity contribution in [2.45, 2.75) is 71.6 Å². The lowest BCUT2D eigenvalue weighted by Crippen LogP contribution is -2.56. The minimum atomic E-state index is -2.42. The summed E-state index contributed by atoms with van der Waals surface area (Å²) in [6, 6.07) is -1.43. The highest BCUT2D eigenvalue weighted by atomic mass is 32.1. The van der Waals surface area contributed by atoms with Gasteiger partial charge in [0.2, 0.25) is 46.6 Å². The Kier molecular flexibility index (Phi) is 13.9. The van der Waals surface area contributed by atoms with Gasteiger partial charge < -0.3 is 29.9 Å². The van der Waals surface area contributed by atoms with Crippen molar-refractivity contribution in [2.24, 2.45) is 17.8 Å². The minimum absolute atomic E-state index is 0.0210. The van der Waals surface area contributed by atoms with Gasteiger partial charge in [0.25, 0.3) is 0 Å². The lowest BCUT2D eigenvalue weighted by Gasteiger charge is -2.37. The number of carbonyl (C=O) groups is 4. The number of carbonyl (C=O) groups excluding carboxylic acids is 4. The van der Waals surface area contributed by atoms with Crippen molar-refractivity contribution in [2.75, 3.05) is 34.2 Å². The van der Waals surface area contributed by atoms with Crippen molar-refractivity contribution >= 4 is 35.2 Å². The molecule has 3 amide bonds. The zero-order chi connectivity index (χ0) is 36.7. The molecule has 11 nitrogen and oxygen atoms in total. The van der Waals surface area contributed by atoms with Crippen LogP contribution in [0.1, 0.15) is 75.0 Å². The van der Waals surface area contributed by atoms with Crippen LogP contribution in [0.25, 0.3) is 0 Å². The van der Waals surface area contributed by atoms with Gasteiger partial charge in [0.1, 0.15) is 11.0 Å². The Morgan fingerprint density at radius 2 is 1.67 bits per heavy atom. The van der Waals surface area contributed by atoms with Gasteiger partial charge >= 0.3 is 12.1 Å². The first-order valence-electron chi connectivity index (χ1n) is 15.8. The van der Waals surface area contributed by atoms with Gasteiger partial charge in [0, 0.05) is 38.5 Å². The van der Waals surface area contributed by atoms with Crippen LogP contribution in [0.3, 0.4) is 0 Å². The molecule has 272 valence electrons. The molecule has 1 aliphatic rings. The number of hydrogen-bond donors (Lipinski definition) is 2. The number of nitrogens with zero attached hydrogens (tertiary/aromatic N) is 3. The number of ether oxygens (including phenoxy) is 2. The SMILES string of the molecule is CC[C@H](C)[C@H](NC(=O)C1CCCN(C)C1)C(=O)N(C)[C@H](C[C@@H](OC(=O)NC)c1nc(C(=O)Oc2c(F)c(F)c(F)c(F)c2F)cs1)C(C)C. The number of thiazole rings is 1. The van der Waals surface area contributed by atoms with Crippen molar-refractivity contribution in [3.8, 4) is 5.75 Å². The maximum Gasteiger partial charge on any atom is 0.407 e. The summed E-state index contributed by atoms with van der Waals surface area (Å²) in [6.45, 7) is 8.94. The Morgan fingerprint density at radius 1 is 1.06 bits per heavy atom. The van der Waals surface area contributed by atoms with Gasteiger partial charge in [-0.15, -0.1) is 11.3 Å². The maximum absolute atomic E-state index is 14.1. The number of amides is 3. The molecule has 2 heterocycles. The van der Waals surface area contributed by atoms with Crippen LogP contribution in [-0.2, 0) is 14.3 Å². The lowest BCUT2D eigenvalue weighted by atomic mass is 9.92. The minimum Gasteiger partial charge on any atom is -0.439 e. The molecular weight excluding hydrogens is 677 g/mol. The summed E-state index contributed by atoms with van der Waals surface area (Å²) in [7, 11) is 4.83. The first kappa shape index (κ1) is 39.6. The van der Waals surface area contributed by atoms with Crippen LogP contribution in [0.5, 0.6) is 5.75 Å². The molecule has 0 bridgehead atoms. The van der Waals surface area contributed by atoms with E-state index in [9.17, 15) is 41.1 Å². The van der Waals surface area contributed by atoms with Crippen LogP contribution >= 0.6 is 11.3 Å². The summed E-state index contributed by atoms with van der Waals surface area (Å²) in [6.07, 6.45) is 0.119. The zero-order valence-electron chi connectivity index (χ0n) is 28.4. The van der Waals surface area contributed by atoms with Gasteiger partial charge in [-0.05, 0) is 38.3 Å². The Labute approximate surface area is 285 Å². The van der Waals surface area contributed by atoms with Crippen LogP contribution < -0.4 is 15.4 Å². The number of likely N-dealkylation sites (tertiary alicyclic amines) is 1. The highest BCUT2D eigenvalue weighted by molar-refractivity contribution is 7.09. The van der Waals surface area contributed by atoms with E-state index in [4.69, 9.17) is 4.74 Å². The lowest BCUT2D eigenvalue weighted by molar-refractivity contribution is -0.141. The van der Waals surface area contributed by atoms with Gasteiger partial charge in [-0.3, -0.25) is 9.59 Å². The third-order valence-electron chi connectivity index (χ3n) is 8.67. The average molecular weight is 720 g/mol. The molecule has 1 saturated heterocycles. The monoisotopic (exact) mass is 719 g/mol. The predicted molar refractivity (Wildman–Crippen MR) is 169 cm³/mol. The molecule has 17 heteroatoms. The summed E-state index contributed by atoms with van der Waals surface area (Å²) in [5.74, 6) is -16.3. The van der Waals surface area contributed by atoms with E-state index in [-0.39, 0.29) is 41.0 Å². The van der Waals surface area contributed by atoms with Crippen molar-refractivity contribution in [1.82, 2.24) is 25.4 Å². The molecule has 0 saturated carbocycles. The number of aromatic nitrogens is 1. The first-order chi connectivity index (χ1) is 23.0. The molecule has 1 aromatic carbocycles. The number of rotatable bonds is 13. The number of halogens is 5. The molecule has 1 aromatic heterocycles. The fourth-order valence-electron chi connectivity index (χ4n) is 5.55. The number of hydrogen-bond acceptors (Lipinski definition) is 9. The second kappa shape index (κ2) is 17.2. The Balaban J connectivity index is 1.87. The molecule has 5 atom stereocenters. The standard InChI is InChI=1S/C32H42F5N5O6S/c1-8-16(4)26(40-28(43)17-10-9-11-41(6)13-17)30(44)42(7)19(15(2)3)12-20(47-32(46)38-5)29-39-18(14-49-29)31(45)48-27-24(36)22(34)21(33)23(35)25(27)37/h14-17,19-20,26H,8-13H2,1-7H3,(H,38,46)(H,40,43)/t16-,17?,19+,20+,26-/m0/s1. The molecule has 49 heavy (non-hydrogen) atoms. The average Bonchev–Trinajstić information content (AvgIpc) is 3.58. The highest BCUT2D eigenvalue weighted by Gasteiger charge is 2.37. The van der Waals surface area contributed by atoms with Crippen molar-refractivity contribution < 1.29 is 50.6 Å². The second-order valence-corrected chi connectivity index (χ2v) is 13.4. The van der Waals surface area contributed by atoms with Gasteiger partial charge in [-0.25, -0.2) is 27.7 Å². The molecular formula is C32H42F5N5O6S. The van der Waals surface area contributed by atoms with E-state index in [1.165, 1.54) is 11.9 Å². The number of piperidine rings is 1. The van der Waals surface area contributed by atoms with E-state index in [1.807, 2.05) is 34.7 Å². The number of nitrogens with one attached hydrogen (secondary N) is 2. The number of esters is 1. The van der Waals surface area contributed by atoms with Crippen molar-refractivity contribution in [1.29, 1.82) is 0 Å². The zero-order valence-corrected chi connectivity index (χ0v) is 29.2. The summed E-state index contributed by atoms with van der Waals surface area (Å²) in [4.78, 5) is 60.0. The second-order valence-electron chi connectivity index (χ2n) is 12.5. The normalized spacial score (nSPS) is 17.5.